The number of nitrogens with two attached hydrogens (primary N) is 1. The third-order valence-electron chi connectivity index (χ3n) is 2.64. The molecule has 8 nitrogen and oxygen atoms in total. The molecular weight excluding hydrogens is 304 g/mol. The molecule has 0 heterocycles. The standard InChI is InChI=1S/C13H18N6O2S/c1-2-3-8-17-22(20,21)11-6-4-10(5-7-11)18-19-12(9-14)13(15)16/h4-7,17-18H,2-3,8H2,1H3,(H3,15,16)/b19-12+. The first-order valence-electron chi connectivity index (χ1n) is 6.58. The van der Waals surface area contributed by atoms with E-state index in [4.69, 9.17) is 16.4 Å². The fourth-order valence-electron chi connectivity index (χ4n) is 1.44. The fraction of sp³-hybridized carbons (Fsp3) is 0.308. The van der Waals surface area contributed by atoms with E-state index in [9.17, 15) is 8.42 Å². The van der Waals surface area contributed by atoms with Crippen molar-refractivity contribution >= 4 is 27.3 Å². The van der Waals surface area contributed by atoms with Gasteiger partial charge in [-0.3, -0.25) is 10.8 Å². The Morgan fingerprint density at radius 1 is 1.41 bits per heavy atom. The van der Waals surface area contributed by atoms with E-state index in [0.717, 1.165) is 12.8 Å². The van der Waals surface area contributed by atoms with Gasteiger partial charge < -0.3 is 5.73 Å². The minimum Gasteiger partial charge on any atom is -0.382 e. The lowest BCUT2D eigenvalue weighted by atomic mass is 10.3. The average Bonchev–Trinajstić information content (AvgIpc) is 2.48. The Hall–Kier alpha value is -2.44. The second-order valence-corrected chi connectivity index (χ2v) is 6.14. The number of nitrogens with zero attached hydrogens (tertiary/aromatic N) is 2. The van der Waals surface area contributed by atoms with Gasteiger partial charge in [0.15, 0.2) is 5.84 Å². The van der Waals surface area contributed by atoms with Crippen molar-refractivity contribution in [3.05, 3.63) is 24.3 Å². The van der Waals surface area contributed by atoms with Gasteiger partial charge in [-0.05, 0) is 30.7 Å². The van der Waals surface area contributed by atoms with Gasteiger partial charge in [-0.1, -0.05) is 13.3 Å². The second-order valence-electron chi connectivity index (χ2n) is 4.37. The topological polar surface area (TPSA) is 144 Å². The van der Waals surface area contributed by atoms with Gasteiger partial charge in [0.25, 0.3) is 0 Å². The van der Waals surface area contributed by atoms with E-state index in [0.29, 0.717) is 12.2 Å². The molecule has 0 saturated heterocycles. The van der Waals surface area contributed by atoms with E-state index in [1.54, 1.807) is 6.07 Å². The van der Waals surface area contributed by atoms with E-state index in [2.05, 4.69) is 15.2 Å². The molecule has 1 aromatic rings. The highest BCUT2D eigenvalue weighted by Crippen LogP contribution is 2.14. The second kappa shape index (κ2) is 8.11. The lowest BCUT2D eigenvalue weighted by molar-refractivity contribution is 0.578. The highest BCUT2D eigenvalue weighted by Gasteiger charge is 2.12. The number of hydrazone groups is 1. The molecule has 0 saturated carbocycles. The van der Waals surface area contributed by atoms with Crippen LogP contribution < -0.4 is 15.9 Å². The third kappa shape index (κ3) is 5.16. The number of anilines is 1. The van der Waals surface area contributed by atoms with E-state index in [1.165, 1.54) is 24.3 Å². The SMILES string of the molecule is CCCCNS(=O)(=O)c1ccc(N/N=C(\C#N)C(=N)N)cc1. The summed E-state index contributed by atoms with van der Waals surface area (Å²) in [5, 5.41) is 19.5. The maximum atomic E-state index is 12.0. The zero-order valence-corrected chi connectivity index (χ0v) is 12.9. The summed E-state index contributed by atoms with van der Waals surface area (Å²) in [7, 11) is -3.52. The van der Waals surface area contributed by atoms with Crippen molar-refractivity contribution in [3.63, 3.8) is 0 Å². The highest BCUT2D eigenvalue weighted by molar-refractivity contribution is 7.89. The minimum absolute atomic E-state index is 0.144. The van der Waals surface area contributed by atoms with Crippen LogP contribution in [0.5, 0.6) is 0 Å². The first-order valence-corrected chi connectivity index (χ1v) is 8.07. The van der Waals surface area contributed by atoms with Crippen molar-refractivity contribution in [2.45, 2.75) is 24.7 Å². The molecule has 1 aromatic carbocycles. The summed E-state index contributed by atoms with van der Waals surface area (Å²) in [4.78, 5) is 0.144. The molecule has 118 valence electrons. The van der Waals surface area contributed by atoms with Gasteiger partial charge >= 0.3 is 0 Å². The van der Waals surface area contributed by atoms with Crippen molar-refractivity contribution in [1.29, 1.82) is 10.7 Å². The van der Waals surface area contributed by atoms with Gasteiger partial charge in [0, 0.05) is 6.54 Å². The van der Waals surface area contributed by atoms with Crippen molar-refractivity contribution in [3.8, 4) is 6.07 Å². The van der Waals surface area contributed by atoms with E-state index in [-0.39, 0.29) is 10.6 Å². The van der Waals surface area contributed by atoms with Crippen molar-refractivity contribution in [2.24, 2.45) is 10.8 Å². The van der Waals surface area contributed by atoms with E-state index in [1.807, 2.05) is 6.92 Å². The number of rotatable bonds is 8. The Labute approximate surface area is 129 Å². The van der Waals surface area contributed by atoms with Crippen molar-refractivity contribution < 1.29 is 8.42 Å². The molecule has 0 atom stereocenters. The molecule has 22 heavy (non-hydrogen) atoms. The van der Waals surface area contributed by atoms with Gasteiger partial charge in [-0.2, -0.15) is 10.4 Å². The molecule has 0 amide bonds. The molecule has 0 unspecified atom stereocenters. The predicted octanol–water partition coefficient (Wildman–Crippen LogP) is 0.992. The molecule has 0 aliphatic carbocycles. The van der Waals surface area contributed by atoms with Crippen LogP contribution >= 0.6 is 0 Å². The molecule has 5 N–H and O–H groups in total. The predicted molar refractivity (Wildman–Crippen MR) is 85.1 cm³/mol. The first kappa shape index (κ1) is 17.6. The lowest BCUT2D eigenvalue weighted by Gasteiger charge is -2.07. The number of benzene rings is 1. The summed E-state index contributed by atoms with van der Waals surface area (Å²) in [6.45, 7) is 2.37. The summed E-state index contributed by atoms with van der Waals surface area (Å²) < 4.78 is 26.5. The number of nitrogens with one attached hydrogen (secondary N) is 3. The molecule has 0 aliphatic heterocycles. The molecule has 0 aliphatic rings. The lowest BCUT2D eigenvalue weighted by Crippen LogP contribution is -2.24. The highest BCUT2D eigenvalue weighted by atomic mass is 32.2. The van der Waals surface area contributed by atoms with E-state index < -0.39 is 15.9 Å². The zero-order valence-electron chi connectivity index (χ0n) is 12.1. The third-order valence-corrected chi connectivity index (χ3v) is 4.12. The molecule has 0 fully saturated rings. The summed E-state index contributed by atoms with van der Waals surface area (Å²) >= 11 is 0. The summed E-state index contributed by atoms with van der Waals surface area (Å²) in [6, 6.07) is 7.53. The number of hydrogen-bond donors (Lipinski definition) is 4. The van der Waals surface area contributed by atoms with Crippen LogP contribution in [0.4, 0.5) is 5.69 Å². The number of nitriles is 1. The quantitative estimate of drug-likeness (QED) is 0.244. The Kier molecular flexibility index (Phi) is 6.49. The van der Waals surface area contributed by atoms with Crippen LogP contribution in [0.3, 0.4) is 0 Å². The van der Waals surface area contributed by atoms with Crippen LogP contribution in [0.25, 0.3) is 0 Å². The zero-order chi connectivity index (χ0) is 16.6. The number of hydrogen-bond acceptors (Lipinski definition) is 6. The Morgan fingerprint density at radius 2 is 2.05 bits per heavy atom. The summed E-state index contributed by atoms with van der Waals surface area (Å²) in [6.07, 6.45) is 1.68. The van der Waals surface area contributed by atoms with Crippen LogP contribution in [-0.4, -0.2) is 26.5 Å². The molecule has 0 aromatic heterocycles. The van der Waals surface area contributed by atoms with Gasteiger partial charge in [0.1, 0.15) is 6.07 Å². The average molecular weight is 322 g/mol. The fourth-order valence-corrected chi connectivity index (χ4v) is 2.52. The molecule has 0 bridgehead atoms. The Bertz CT molecular complexity index is 688. The maximum Gasteiger partial charge on any atom is 0.240 e. The normalized spacial score (nSPS) is 11.7. The number of unbranched alkanes of at least 4 members (excludes halogenated alkanes) is 1. The van der Waals surface area contributed by atoms with Crippen LogP contribution in [0.1, 0.15) is 19.8 Å². The molecule has 0 spiro atoms. The minimum atomic E-state index is -3.52. The first-order chi connectivity index (χ1) is 10.4. The molecule has 0 radical (unpaired) electrons. The van der Waals surface area contributed by atoms with Crippen LogP contribution in [0.2, 0.25) is 0 Å². The number of amidine groups is 1. The van der Waals surface area contributed by atoms with Crippen LogP contribution in [0, 0.1) is 16.7 Å². The van der Waals surface area contributed by atoms with Crippen molar-refractivity contribution in [1.82, 2.24) is 4.72 Å². The van der Waals surface area contributed by atoms with E-state index >= 15 is 0 Å². The maximum absolute atomic E-state index is 12.0. The smallest absolute Gasteiger partial charge is 0.240 e. The largest absolute Gasteiger partial charge is 0.382 e. The summed E-state index contributed by atoms with van der Waals surface area (Å²) in [5.41, 5.74) is 7.91. The molecule has 1 rings (SSSR count). The van der Waals surface area contributed by atoms with Crippen molar-refractivity contribution in [2.75, 3.05) is 12.0 Å². The van der Waals surface area contributed by atoms with Gasteiger partial charge in [0.2, 0.25) is 15.7 Å². The molecular formula is C13H18N6O2S. The van der Waals surface area contributed by atoms with Gasteiger partial charge in [-0.15, -0.1) is 0 Å². The number of sulfonamides is 1. The Morgan fingerprint density at radius 3 is 2.55 bits per heavy atom. The summed E-state index contributed by atoms with van der Waals surface area (Å²) in [5.74, 6) is -0.450. The monoisotopic (exact) mass is 322 g/mol. The van der Waals surface area contributed by atoms with Crippen LogP contribution in [0.15, 0.2) is 34.3 Å². The molecule has 9 heteroatoms. The Balaban J connectivity index is 2.79. The van der Waals surface area contributed by atoms with Crippen LogP contribution in [-0.2, 0) is 10.0 Å². The van der Waals surface area contributed by atoms with Gasteiger partial charge in [0.05, 0.1) is 10.6 Å². The van der Waals surface area contributed by atoms with Gasteiger partial charge in [-0.25, -0.2) is 13.1 Å².